The average Bonchev–Trinajstić information content (AvgIpc) is 2.70. The van der Waals surface area contributed by atoms with Crippen LogP contribution in [0.2, 0.25) is 0 Å². The third kappa shape index (κ3) is 3.51. The van der Waals surface area contributed by atoms with Crippen LogP contribution in [0.25, 0.3) is 0 Å². The van der Waals surface area contributed by atoms with Crippen molar-refractivity contribution in [3.05, 3.63) is 15.6 Å². The fourth-order valence-electron chi connectivity index (χ4n) is 2.73. The maximum absolute atomic E-state index is 4.45. The van der Waals surface area contributed by atoms with Crippen molar-refractivity contribution >= 4 is 17.3 Å². The topological polar surface area (TPSA) is 49.3 Å². The lowest BCUT2D eigenvalue weighted by Gasteiger charge is -2.41. The Hall–Kier alpha value is -1.10. The molecule has 0 spiro atoms. The van der Waals surface area contributed by atoms with Crippen LogP contribution in [0.5, 0.6) is 0 Å². The molecular formula is C15H26N4S. The lowest BCUT2D eigenvalue weighted by Crippen LogP contribution is -2.46. The van der Waals surface area contributed by atoms with Crippen molar-refractivity contribution in [3.63, 3.8) is 0 Å². The molecule has 0 aliphatic heterocycles. The van der Waals surface area contributed by atoms with E-state index in [4.69, 9.17) is 0 Å². The summed E-state index contributed by atoms with van der Waals surface area (Å²) in [5.74, 6) is 0.898. The Labute approximate surface area is 126 Å². The van der Waals surface area contributed by atoms with E-state index in [0.717, 1.165) is 29.8 Å². The van der Waals surface area contributed by atoms with Gasteiger partial charge in [0.2, 0.25) is 0 Å². The van der Waals surface area contributed by atoms with E-state index in [9.17, 15) is 0 Å². The SMILES string of the molecule is CCC1(CNC(=NC)NCc2sc(C)nc2C)CCC1. The van der Waals surface area contributed by atoms with Crippen LogP contribution in [0.1, 0.15) is 48.2 Å². The third-order valence-corrected chi connectivity index (χ3v) is 5.51. The van der Waals surface area contributed by atoms with Crippen molar-refractivity contribution in [2.24, 2.45) is 10.4 Å². The number of nitrogens with zero attached hydrogens (tertiary/aromatic N) is 2. The number of aryl methyl sites for hydroxylation is 2. The molecule has 1 heterocycles. The van der Waals surface area contributed by atoms with Gasteiger partial charge in [-0.2, -0.15) is 0 Å². The van der Waals surface area contributed by atoms with E-state index in [-0.39, 0.29) is 0 Å². The first-order valence-electron chi connectivity index (χ1n) is 7.46. The smallest absolute Gasteiger partial charge is 0.191 e. The minimum absolute atomic E-state index is 0.509. The molecule has 0 amide bonds. The van der Waals surface area contributed by atoms with Gasteiger partial charge in [-0.25, -0.2) is 4.98 Å². The number of thiazole rings is 1. The molecule has 0 bridgehead atoms. The number of hydrogen-bond acceptors (Lipinski definition) is 3. The van der Waals surface area contributed by atoms with Crippen LogP contribution in [0.3, 0.4) is 0 Å². The highest BCUT2D eigenvalue weighted by Gasteiger charge is 2.34. The van der Waals surface area contributed by atoms with Crippen LogP contribution < -0.4 is 10.6 Å². The van der Waals surface area contributed by atoms with Gasteiger partial charge in [-0.05, 0) is 38.5 Å². The van der Waals surface area contributed by atoms with Crippen molar-refractivity contribution in [1.29, 1.82) is 0 Å². The quantitative estimate of drug-likeness (QED) is 0.648. The molecule has 0 radical (unpaired) electrons. The highest BCUT2D eigenvalue weighted by Crippen LogP contribution is 2.42. The van der Waals surface area contributed by atoms with Gasteiger partial charge in [0.1, 0.15) is 0 Å². The normalized spacial score (nSPS) is 17.7. The van der Waals surface area contributed by atoms with Gasteiger partial charge < -0.3 is 10.6 Å². The summed E-state index contributed by atoms with van der Waals surface area (Å²) in [6.07, 6.45) is 5.33. The Morgan fingerprint density at radius 1 is 1.35 bits per heavy atom. The lowest BCUT2D eigenvalue weighted by molar-refractivity contribution is 0.131. The number of aliphatic imine (C=N–C) groups is 1. The molecule has 1 saturated carbocycles. The molecule has 0 aromatic carbocycles. The van der Waals surface area contributed by atoms with Gasteiger partial charge in [0.25, 0.3) is 0 Å². The van der Waals surface area contributed by atoms with E-state index in [1.54, 1.807) is 11.3 Å². The van der Waals surface area contributed by atoms with E-state index < -0.39 is 0 Å². The molecule has 1 fully saturated rings. The molecule has 1 aromatic rings. The zero-order valence-corrected chi connectivity index (χ0v) is 13.9. The summed E-state index contributed by atoms with van der Waals surface area (Å²) in [7, 11) is 1.83. The zero-order valence-electron chi connectivity index (χ0n) is 13.0. The van der Waals surface area contributed by atoms with Crippen molar-refractivity contribution in [1.82, 2.24) is 15.6 Å². The molecule has 0 unspecified atom stereocenters. The van der Waals surface area contributed by atoms with Crippen molar-refractivity contribution < 1.29 is 0 Å². The summed E-state index contributed by atoms with van der Waals surface area (Å²) in [6.45, 7) is 8.24. The first-order chi connectivity index (χ1) is 9.58. The van der Waals surface area contributed by atoms with Gasteiger partial charge in [0.15, 0.2) is 5.96 Å². The highest BCUT2D eigenvalue weighted by atomic mass is 32.1. The summed E-state index contributed by atoms with van der Waals surface area (Å²) in [6, 6.07) is 0. The molecule has 112 valence electrons. The monoisotopic (exact) mass is 294 g/mol. The Balaban J connectivity index is 1.82. The molecule has 0 atom stereocenters. The van der Waals surface area contributed by atoms with Crippen molar-refractivity contribution in [3.8, 4) is 0 Å². The Kier molecular flexibility index (Phi) is 5.02. The molecular weight excluding hydrogens is 268 g/mol. The summed E-state index contributed by atoms with van der Waals surface area (Å²) < 4.78 is 0. The first-order valence-corrected chi connectivity index (χ1v) is 8.27. The van der Waals surface area contributed by atoms with Gasteiger partial charge in [-0.15, -0.1) is 11.3 Å². The predicted octanol–water partition coefficient (Wildman–Crippen LogP) is 3.01. The van der Waals surface area contributed by atoms with E-state index in [1.165, 1.54) is 30.6 Å². The van der Waals surface area contributed by atoms with Crippen LogP contribution in [0.4, 0.5) is 0 Å². The summed E-state index contributed by atoms with van der Waals surface area (Å²) in [5.41, 5.74) is 1.63. The summed E-state index contributed by atoms with van der Waals surface area (Å²) in [4.78, 5) is 10.1. The maximum Gasteiger partial charge on any atom is 0.191 e. The van der Waals surface area contributed by atoms with E-state index in [2.05, 4.69) is 41.4 Å². The molecule has 1 aliphatic carbocycles. The van der Waals surface area contributed by atoms with Gasteiger partial charge in [-0.1, -0.05) is 13.3 Å². The van der Waals surface area contributed by atoms with Crippen molar-refractivity contribution in [2.45, 2.75) is 53.0 Å². The Morgan fingerprint density at radius 3 is 2.55 bits per heavy atom. The molecule has 0 saturated heterocycles. The molecule has 5 heteroatoms. The second kappa shape index (κ2) is 6.57. The molecule has 1 aliphatic rings. The second-order valence-corrected chi connectivity index (χ2v) is 7.02. The largest absolute Gasteiger partial charge is 0.356 e. The number of aromatic nitrogens is 1. The standard InChI is InChI=1S/C15H26N4S/c1-5-15(7-6-8-15)10-18-14(16-4)17-9-13-11(2)19-12(3)20-13/h5-10H2,1-4H3,(H2,16,17,18). The summed E-state index contributed by atoms with van der Waals surface area (Å²) in [5, 5.41) is 8.00. The predicted molar refractivity (Wildman–Crippen MR) is 86.4 cm³/mol. The first kappa shape index (κ1) is 15.3. The zero-order chi connectivity index (χ0) is 14.6. The highest BCUT2D eigenvalue weighted by molar-refractivity contribution is 7.11. The van der Waals surface area contributed by atoms with Crippen LogP contribution >= 0.6 is 11.3 Å². The number of rotatable bonds is 5. The number of hydrogen-bond donors (Lipinski definition) is 2. The van der Waals surface area contributed by atoms with Crippen LogP contribution in [-0.2, 0) is 6.54 Å². The van der Waals surface area contributed by atoms with Crippen molar-refractivity contribution in [2.75, 3.05) is 13.6 Å². The third-order valence-electron chi connectivity index (χ3n) is 4.43. The van der Waals surface area contributed by atoms with E-state index in [1.807, 2.05) is 7.05 Å². The van der Waals surface area contributed by atoms with E-state index in [0.29, 0.717) is 5.41 Å². The molecule has 1 aromatic heterocycles. The fourth-order valence-corrected chi connectivity index (χ4v) is 3.60. The van der Waals surface area contributed by atoms with E-state index >= 15 is 0 Å². The molecule has 2 N–H and O–H groups in total. The minimum Gasteiger partial charge on any atom is -0.356 e. The van der Waals surface area contributed by atoms with Gasteiger partial charge >= 0.3 is 0 Å². The summed E-state index contributed by atoms with van der Waals surface area (Å²) >= 11 is 1.75. The lowest BCUT2D eigenvalue weighted by atomic mass is 9.67. The molecule has 4 nitrogen and oxygen atoms in total. The maximum atomic E-state index is 4.45. The van der Waals surface area contributed by atoms with Gasteiger partial charge in [-0.3, -0.25) is 4.99 Å². The fraction of sp³-hybridized carbons (Fsp3) is 0.733. The molecule has 20 heavy (non-hydrogen) atoms. The number of nitrogens with one attached hydrogen (secondary N) is 2. The average molecular weight is 294 g/mol. The van der Waals surface area contributed by atoms with Crippen LogP contribution in [0, 0.1) is 19.3 Å². The molecule has 2 rings (SSSR count). The second-order valence-electron chi connectivity index (χ2n) is 5.73. The Morgan fingerprint density at radius 2 is 2.10 bits per heavy atom. The van der Waals surface area contributed by atoms with Crippen LogP contribution in [0.15, 0.2) is 4.99 Å². The number of guanidine groups is 1. The van der Waals surface area contributed by atoms with Crippen LogP contribution in [-0.4, -0.2) is 24.5 Å². The van der Waals surface area contributed by atoms with Gasteiger partial charge in [0, 0.05) is 18.5 Å². The Bertz CT molecular complexity index is 469. The minimum atomic E-state index is 0.509. The van der Waals surface area contributed by atoms with Gasteiger partial charge in [0.05, 0.1) is 17.2 Å².